The summed E-state index contributed by atoms with van der Waals surface area (Å²) in [5.74, 6) is 0.813. The van der Waals surface area contributed by atoms with E-state index in [4.69, 9.17) is 10.5 Å². The lowest BCUT2D eigenvalue weighted by Gasteiger charge is -2.12. The quantitative estimate of drug-likeness (QED) is 0.679. The number of rotatable bonds is 3. The van der Waals surface area contributed by atoms with Crippen LogP contribution in [-0.2, 0) is 4.74 Å². The van der Waals surface area contributed by atoms with Crippen molar-refractivity contribution >= 4 is 28.6 Å². The number of nitrogens with zero attached hydrogens (tertiary/aromatic N) is 4. The molecule has 1 aromatic carbocycles. The minimum absolute atomic E-state index is 0.0667. The average Bonchev–Trinajstić information content (AvgIpc) is 3.15. The van der Waals surface area contributed by atoms with Crippen LogP contribution in [0, 0.1) is 0 Å². The number of imidazole rings is 1. The highest BCUT2D eigenvalue weighted by Gasteiger charge is 2.22. The highest BCUT2D eigenvalue weighted by molar-refractivity contribution is 5.86. The third-order valence-electron chi connectivity index (χ3n) is 3.76. The summed E-state index contributed by atoms with van der Waals surface area (Å²) >= 11 is 0. The highest BCUT2D eigenvalue weighted by atomic mass is 16.5. The number of phenolic OH excluding ortho intramolecular Hbond substituents is 1. The first-order chi connectivity index (χ1) is 11.2. The topological polar surface area (TPSA) is 111 Å². The van der Waals surface area contributed by atoms with Gasteiger partial charge in [-0.15, -0.1) is 0 Å². The van der Waals surface area contributed by atoms with Gasteiger partial charge in [0.1, 0.15) is 12.0 Å². The van der Waals surface area contributed by atoms with E-state index in [2.05, 4.69) is 20.3 Å². The Labute approximate surface area is 131 Å². The lowest BCUT2D eigenvalue weighted by atomic mass is 10.3. The van der Waals surface area contributed by atoms with Gasteiger partial charge in [0.05, 0.1) is 6.33 Å². The number of aromatic hydroxyl groups is 1. The molecule has 1 aliphatic rings. The molecule has 1 saturated heterocycles. The van der Waals surface area contributed by atoms with Crippen molar-refractivity contribution in [3.05, 3.63) is 30.6 Å². The van der Waals surface area contributed by atoms with Gasteiger partial charge in [-0.3, -0.25) is 4.57 Å². The van der Waals surface area contributed by atoms with Gasteiger partial charge in [0.15, 0.2) is 17.0 Å². The molecule has 2 aromatic heterocycles. The first kappa shape index (κ1) is 13.8. The number of anilines is 3. The van der Waals surface area contributed by atoms with Crippen LogP contribution in [0.2, 0.25) is 0 Å². The molecule has 0 aliphatic carbocycles. The first-order valence-corrected chi connectivity index (χ1v) is 7.38. The summed E-state index contributed by atoms with van der Waals surface area (Å²) in [6, 6.07) is 6.76. The Morgan fingerprint density at radius 2 is 2.26 bits per heavy atom. The van der Waals surface area contributed by atoms with Gasteiger partial charge in [0, 0.05) is 18.4 Å². The van der Waals surface area contributed by atoms with Crippen LogP contribution < -0.4 is 11.1 Å². The van der Waals surface area contributed by atoms with Crippen molar-refractivity contribution in [3.8, 4) is 5.75 Å². The molecule has 0 bridgehead atoms. The molecule has 1 fully saturated rings. The van der Waals surface area contributed by atoms with E-state index >= 15 is 0 Å². The van der Waals surface area contributed by atoms with Gasteiger partial charge in [-0.1, -0.05) is 6.07 Å². The van der Waals surface area contributed by atoms with E-state index in [1.807, 2.05) is 10.6 Å². The molecule has 0 saturated carbocycles. The summed E-state index contributed by atoms with van der Waals surface area (Å²) in [7, 11) is 0. The van der Waals surface area contributed by atoms with Crippen molar-refractivity contribution in [3.63, 3.8) is 0 Å². The maximum Gasteiger partial charge on any atom is 0.224 e. The molecule has 0 amide bonds. The first-order valence-electron chi connectivity index (χ1n) is 7.38. The fraction of sp³-hybridized carbons (Fsp3) is 0.267. The molecule has 118 valence electrons. The van der Waals surface area contributed by atoms with E-state index in [0.717, 1.165) is 19.4 Å². The number of nitrogens with one attached hydrogen (secondary N) is 1. The van der Waals surface area contributed by atoms with Gasteiger partial charge in [0.25, 0.3) is 0 Å². The lowest BCUT2D eigenvalue weighted by Crippen LogP contribution is -2.08. The van der Waals surface area contributed by atoms with E-state index in [1.54, 1.807) is 24.5 Å². The molecule has 8 nitrogen and oxygen atoms in total. The van der Waals surface area contributed by atoms with Gasteiger partial charge >= 0.3 is 0 Å². The van der Waals surface area contributed by atoms with Crippen molar-refractivity contribution in [2.24, 2.45) is 0 Å². The molecule has 23 heavy (non-hydrogen) atoms. The summed E-state index contributed by atoms with van der Waals surface area (Å²) in [4.78, 5) is 12.9. The van der Waals surface area contributed by atoms with Crippen LogP contribution in [0.5, 0.6) is 5.75 Å². The average molecular weight is 312 g/mol. The fourth-order valence-electron chi connectivity index (χ4n) is 2.73. The Balaban J connectivity index is 1.77. The fourth-order valence-corrected chi connectivity index (χ4v) is 2.73. The SMILES string of the molecule is Nc1nc(Nc2cccc(O)c2)c2ncn(C3CCCO3)c2n1. The Kier molecular flexibility index (Phi) is 3.23. The van der Waals surface area contributed by atoms with Crippen molar-refractivity contribution in [1.29, 1.82) is 0 Å². The number of hydrogen-bond acceptors (Lipinski definition) is 7. The standard InChI is InChI=1S/C15H16N6O2/c16-15-19-13(18-9-3-1-4-10(22)7-9)12-14(20-15)21(8-17-12)11-5-2-6-23-11/h1,3-4,7-8,11,22H,2,5-6H2,(H3,16,18,19,20). The molecule has 4 rings (SSSR count). The van der Waals surface area contributed by atoms with Crippen LogP contribution in [0.4, 0.5) is 17.5 Å². The molecule has 1 atom stereocenters. The second-order valence-corrected chi connectivity index (χ2v) is 5.40. The second-order valence-electron chi connectivity index (χ2n) is 5.40. The number of nitrogens with two attached hydrogens (primary N) is 1. The lowest BCUT2D eigenvalue weighted by molar-refractivity contribution is 0.0593. The maximum atomic E-state index is 9.57. The van der Waals surface area contributed by atoms with Crippen LogP contribution in [0.25, 0.3) is 11.2 Å². The van der Waals surface area contributed by atoms with Crippen LogP contribution in [-0.4, -0.2) is 31.2 Å². The number of hydrogen-bond donors (Lipinski definition) is 3. The van der Waals surface area contributed by atoms with E-state index in [0.29, 0.717) is 22.7 Å². The van der Waals surface area contributed by atoms with Gasteiger partial charge in [0.2, 0.25) is 5.95 Å². The van der Waals surface area contributed by atoms with Crippen LogP contribution in [0.15, 0.2) is 30.6 Å². The monoisotopic (exact) mass is 312 g/mol. The summed E-state index contributed by atoms with van der Waals surface area (Å²) < 4.78 is 7.57. The highest BCUT2D eigenvalue weighted by Crippen LogP contribution is 2.30. The van der Waals surface area contributed by atoms with Gasteiger partial charge in [-0.25, -0.2) is 4.98 Å². The number of aromatic nitrogens is 4. The minimum Gasteiger partial charge on any atom is -0.508 e. The van der Waals surface area contributed by atoms with E-state index in [9.17, 15) is 5.11 Å². The van der Waals surface area contributed by atoms with Crippen molar-refractivity contribution in [2.75, 3.05) is 17.7 Å². The molecule has 1 unspecified atom stereocenters. The van der Waals surface area contributed by atoms with Crippen LogP contribution in [0.3, 0.4) is 0 Å². The Hall–Kier alpha value is -2.87. The Bertz CT molecular complexity index is 856. The zero-order valence-electron chi connectivity index (χ0n) is 12.3. The summed E-state index contributed by atoms with van der Waals surface area (Å²) in [6.45, 7) is 0.735. The van der Waals surface area contributed by atoms with Gasteiger partial charge < -0.3 is 20.9 Å². The van der Waals surface area contributed by atoms with Crippen LogP contribution in [0.1, 0.15) is 19.1 Å². The molecular weight excluding hydrogens is 296 g/mol. The molecule has 8 heteroatoms. The molecule has 1 aliphatic heterocycles. The van der Waals surface area contributed by atoms with Crippen molar-refractivity contribution in [1.82, 2.24) is 19.5 Å². The molecular formula is C15H16N6O2. The predicted molar refractivity (Wildman–Crippen MR) is 85.3 cm³/mol. The number of phenols is 1. The third kappa shape index (κ3) is 2.53. The minimum atomic E-state index is -0.0667. The van der Waals surface area contributed by atoms with Crippen molar-refractivity contribution in [2.45, 2.75) is 19.1 Å². The van der Waals surface area contributed by atoms with E-state index in [-0.39, 0.29) is 17.9 Å². The van der Waals surface area contributed by atoms with E-state index < -0.39 is 0 Å². The molecule has 0 spiro atoms. The zero-order valence-corrected chi connectivity index (χ0v) is 12.3. The summed E-state index contributed by atoms with van der Waals surface area (Å²) in [5, 5.41) is 12.7. The Morgan fingerprint density at radius 1 is 1.35 bits per heavy atom. The third-order valence-corrected chi connectivity index (χ3v) is 3.76. The molecule has 3 aromatic rings. The number of nitrogen functional groups attached to an aromatic ring is 1. The summed E-state index contributed by atoms with van der Waals surface area (Å²) in [5.41, 5.74) is 7.77. The second kappa shape index (κ2) is 5.40. The van der Waals surface area contributed by atoms with Crippen molar-refractivity contribution < 1.29 is 9.84 Å². The zero-order chi connectivity index (χ0) is 15.8. The number of ether oxygens (including phenoxy) is 1. The smallest absolute Gasteiger partial charge is 0.224 e. The molecule has 4 N–H and O–H groups in total. The van der Waals surface area contributed by atoms with Gasteiger partial charge in [-0.2, -0.15) is 9.97 Å². The van der Waals surface area contributed by atoms with Gasteiger partial charge in [-0.05, 0) is 25.0 Å². The normalized spacial score (nSPS) is 17.7. The summed E-state index contributed by atoms with van der Waals surface area (Å²) in [6.07, 6.45) is 3.56. The largest absolute Gasteiger partial charge is 0.508 e. The van der Waals surface area contributed by atoms with E-state index in [1.165, 1.54) is 0 Å². The Morgan fingerprint density at radius 3 is 3.04 bits per heavy atom. The van der Waals surface area contributed by atoms with Crippen LogP contribution >= 0.6 is 0 Å². The predicted octanol–water partition coefficient (Wildman–Crippen LogP) is 2.17. The number of fused-ring (bicyclic) bond motifs is 1. The number of benzene rings is 1. The molecule has 0 radical (unpaired) electrons. The maximum absolute atomic E-state index is 9.57. The molecule has 3 heterocycles.